The number of nitrogens with one attached hydrogen (secondary N) is 2. The number of hydrogen-bond acceptors (Lipinski definition) is 6. The first-order chi connectivity index (χ1) is 14.6. The molecule has 150 valence electrons. The van der Waals surface area contributed by atoms with E-state index < -0.39 is 5.91 Å². The highest BCUT2D eigenvalue weighted by molar-refractivity contribution is 7.18. The Hall–Kier alpha value is -3.98. The Labute approximate surface area is 174 Å². The average Bonchev–Trinajstić information content (AvgIpc) is 3.43. The van der Waals surface area contributed by atoms with Crippen LogP contribution in [0.1, 0.15) is 20.2 Å². The molecule has 0 aliphatic carbocycles. The molecular weight excluding hydrogens is 409 g/mol. The molecule has 2 amide bonds. The highest BCUT2D eigenvalue weighted by Crippen LogP contribution is 2.25. The monoisotopic (exact) mass is 423 g/mol. The Kier molecular flexibility index (Phi) is 5.53. The SMILES string of the molecule is O=C(Nc1ccc(C(=O)Nc2ccc(Oc3ccc(F)cc3)nc2)s1)c1ccco1. The van der Waals surface area contributed by atoms with Crippen LogP contribution >= 0.6 is 11.3 Å². The van der Waals surface area contributed by atoms with E-state index in [4.69, 9.17) is 9.15 Å². The summed E-state index contributed by atoms with van der Waals surface area (Å²) in [6.07, 6.45) is 2.86. The Morgan fingerprint density at radius 1 is 0.967 bits per heavy atom. The number of halogens is 1. The van der Waals surface area contributed by atoms with Crippen molar-refractivity contribution in [3.05, 3.63) is 89.6 Å². The lowest BCUT2D eigenvalue weighted by Gasteiger charge is -2.06. The number of hydrogen-bond donors (Lipinski definition) is 2. The van der Waals surface area contributed by atoms with Crippen LogP contribution in [-0.4, -0.2) is 16.8 Å². The van der Waals surface area contributed by atoms with Crippen molar-refractivity contribution in [3.8, 4) is 11.6 Å². The van der Waals surface area contributed by atoms with Gasteiger partial charge in [-0.25, -0.2) is 9.37 Å². The number of pyridine rings is 1. The first kappa shape index (κ1) is 19.3. The number of benzene rings is 1. The van der Waals surface area contributed by atoms with Gasteiger partial charge < -0.3 is 19.8 Å². The van der Waals surface area contributed by atoms with Crippen molar-refractivity contribution in [1.29, 1.82) is 0 Å². The normalized spacial score (nSPS) is 10.4. The summed E-state index contributed by atoms with van der Waals surface area (Å²) in [7, 11) is 0. The third-order valence-corrected chi connectivity index (χ3v) is 4.84. The number of anilines is 2. The third-order valence-electron chi connectivity index (χ3n) is 3.84. The lowest BCUT2D eigenvalue weighted by molar-refractivity contribution is 0.0995. The van der Waals surface area contributed by atoms with Crippen molar-refractivity contribution in [2.45, 2.75) is 0 Å². The number of furan rings is 1. The predicted molar refractivity (Wildman–Crippen MR) is 110 cm³/mol. The Morgan fingerprint density at radius 2 is 1.80 bits per heavy atom. The molecule has 4 rings (SSSR count). The van der Waals surface area contributed by atoms with Crippen molar-refractivity contribution in [2.75, 3.05) is 10.6 Å². The van der Waals surface area contributed by atoms with Crippen LogP contribution in [0.3, 0.4) is 0 Å². The molecule has 7 nitrogen and oxygen atoms in total. The predicted octanol–water partition coefficient (Wildman–Crippen LogP) is 5.17. The van der Waals surface area contributed by atoms with E-state index in [2.05, 4.69) is 15.6 Å². The van der Waals surface area contributed by atoms with Crippen molar-refractivity contribution in [2.24, 2.45) is 0 Å². The minimum Gasteiger partial charge on any atom is -0.459 e. The molecule has 1 aromatic carbocycles. The number of carbonyl (C=O) groups is 2. The first-order valence-electron chi connectivity index (χ1n) is 8.72. The molecule has 0 aliphatic rings. The molecular formula is C21H14FN3O4S. The molecule has 4 aromatic rings. The van der Waals surface area contributed by atoms with Gasteiger partial charge in [0.1, 0.15) is 11.6 Å². The minimum absolute atomic E-state index is 0.184. The van der Waals surface area contributed by atoms with Crippen LogP contribution in [0.15, 0.2) is 77.5 Å². The van der Waals surface area contributed by atoms with Crippen LogP contribution in [0.5, 0.6) is 11.6 Å². The van der Waals surface area contributed by atoms with Gasteiger partial charge in [0.05, 0.1) is 28.0 Å². The van der Waals surface area contributed by atoms with Gasteiger partial charge >= 0.3 is 0 Å². The molecule has 3 heterocycles. The van der Waals surface area contributed by atoms with E-state index in [1.54, 1.807) is 36.4 Å². The van der Waals surface area contributed by atoms with Crippen LogP contribution < -0.4 is 15.4 Å². The zero-order chi connectivity index (χ0) is 20.9. The van der Waals surface area contributed by atoms with E-state index in [-0.39, 0.29) is 17.5 Å². The molecule has 0 radical (unpaired) electrons. The van der Waals surface area contributed by atoms with Crippen LogP contribution in [0.2, 0.25) is 0 Å². The lowest BCUT2D eigenvalue weighted by atomic mass is 10.3. The van der Waals surface area contributed by atoms with E-state index >= 15 is 0 Å². The maximum Gasteiger partial charge on any atom is 0.291 e. The van der Waals surface area contributed by atoms with Gasteiger partial charge in [0.2, 0.25) is 5.88 Å². The largest absolute Gasteiger partial charge is 0.459 e. The molecule has 0 saturated carbocycles. The molecule has 2 N–H and O–H groups in total. The van der Waals surface area contributed by atoms with Crippen molar-refractivity contribution < 1.29 is 23.1 Å². The fraction of sp³-hybridized carbons (Fsp3) is 0. The van der Waals surface area contributed by atoms with Crippen LogP contribution in [0.25, 0.3) is 0 Å². The second kappa shape index (κ2) is 8.58. The quantitative estimate of drug-likeness (QED) is 0.446. The number of rotatable bonds is 6. The summed E-state index contributed by atoms with van der Waals surface area (Å²) in [4.78, 5) is 28.9. The van der Waals surface area contributed by atoms with Crippen LogP contribution in [-0.2, 0) is 0 Å². The van der Waals surface area contributed by atoms with E-state index in [1.807, 2.05) is 0 Å². The fourth-order valence-corrected chi connectivity index (χ4v) is 3.24. The summed E-state index contributed by atoms with van der Waals surface area (Å²) in [6.45, 7) is 0. The molecule has 0 saturated heterocycles. The fourth-order valence-electron chi connectivity index (χ4n) is 2.44. The average molecular weight is 423 g/mol. The first-order valence-corrected chi connectivity index (χ1v) is 9.54. The number of nitrogens with zero attached hydrogens (tertiary/aromatic N) is 1. The number of ether oxygens (including phenoxy) is 1. The summed E-state index contributed by atoms with van der Waals surface area (Å²) in [5.41, 5.74) is 0.473. The Balaban J connectivity index is 1.35. The van der Waals surface area contributed by atoms with Crippen molar-refractivity contribution in [3.63, 3.8) is 0 Å². The third kappa shape index (κ3) is 4.70. The molecule has 0 spiro atoms. The van der Waals surface area contributed by atoms with Crippen LogP contribution in [0.4, 0.5) is 15.1 Å². The van der Waals surface area contributed by atoms with E-state index in [0.717, 1.165) is 11.3 Å². The summed E-state index contributed by atoms with van der Waals surface area (Å²) in [5, 5.41) is 5.91. The topological polar surface area (TPSA) is 93.5 Å². The number of thiophene rings is 1. The van der Waals surface area contributed by atoms with Gasteiger partial charge in [-0.3, -0.25) is 9.59 Å². The molecule has 0 unspecified atom stereocenters. The van der Waals surface area contributed by atoms with Crippen molar-refractivity contribution in [1.82, 2.24) is 4.98 Å². The lowest BCUT2D eigenvalue weighted by Crippen LogP contribution is -2.10. The van der Waals surface area contributed by atoms with E-state index in [1.165, 1.54) is 36.7 Å². The molecule has 9 heteroatoms. The molecule has 0 aliphatic heterocycles. The van der Waals surface area contributed by atoms with E-state index in [0.29, 0.717) is 27.2 Å². The Bertz CT molecular complexity index is 1160. The zero-order valence-electron chi connectivity index (χ0n) is 15.3. The number of carbonyl (C=O) groups excluding carboxylic acids is 2. The highest BCUT2D eigenvalue weighted by Gasteiger charge is 2.14. The summed E-state index contributed by atoms with van der Waals surface area (Å²) < 4.78 is 23.5. The summed E-state index contributed by atoms with van der Waals surface area (Å²) in [5.74, 6) is -0.154. The zero-order valence-corrected chi connectivity index (χ0v) is 16.1. The van der Waals surface area contributed by atoms with Gasteiger partial charge in [-0.15, -0.1) is 11.3 Å². The molecule has 0 fully saturated rings. The van der Waals surface area contributed by atoms with Gasteiger partial charge in [-0.2, -0.15) is 0 Å². The van der Waals surface area contributed by atoms with Crippen molar-refractivity contribution >= 4 is 33.8 Å². The molecule has 0 atom stereocenters. The smallest absolute Gasteiger partial charge is 0.291 e. The van der Waals surface area contributed by atoms with E-state index in [9.17, 15) is 14.0 Å². The number of amides is 2. The maximum absolute atomic E-state index is 12.9. The molecule has 3 aromatic heterocycles. The second-order valence-corrected chi connectivity index (χ2v) is 7.07. The standard InChI is InChI=1S/C21H14FN3O4S/c22-13-3-6-15(7-4-13)29-18-9-5-14(12-23-18)24-21(27)17-8-10-19(30-17)25-20(26)16-2-1-11-28-16/h1-12H,(H,24,27)(H,25,26). The summed E-state index contributed by atoms with van der Waals surface area (Å²) in [6, 6.07) is 15.2. The highest BCUT2D eigenvalue weighted by atomic mass is 32.1. The van der Waals surface area contributed by atoms with Gasteiger partial charge in [-0.1, -0.05) is 0 Å². The Morgan fingerprint density at radius 3 is 2.50 bits per heavy atom. The van der Waals surface area contributed by atoms with Gasteiger partial charge in [0, 0.05) is 6.07 Å². The molecule has 0 bridgehead atoms. The minimum atomic E-state index is -0.394. The van der Waals surface area contributed by atoms with Gasteiger partial charge in [-0.05, 0) is 54.6 Å². The summed E-state index contributed by atoms with van der Waals surface area (Å²) >= 11 is 1.13. The van der Waals surface area contributed by atoms with Gasteiger partial charge in [0.15, 0.2) is 5.76 Å². The van der Waals surface area contributed by atoms with Gasteiger partial charge in [0.25, 0.3) is 11.8 Å². The molecule has 30 heavy (non-hydrogen) atoms. The van der Waals surface area contributed by atoms with Crippen LogP contribution in [0, 0.1) is 5.82 Å². The number of aromatic nitrogens is 1. The maximum atomic E-state index is 12.9. The second-order valence-electron chi connectivity index (χ2n) is 5.99.